The highest BCUT2D eigenvalue weighted by molar-refractivity contribution is 14.1. The third-order valence-electron chi connectivity index (χ3n) is 4.16. The van der Waals surface area contributed by atoms with Gasteiger partial charge in [0.05, 0.1) is 18.2 Å². The molecule has 29 heavy (non-hydrogen) atoms. The third-order valence-corrected chi connectivity index (χ3v) is 5.13. The minimum absolute atomic E-state index is 0.415. The summed E-state index contributed by atoms with van der Waals surface area (Å²) in [7, 11) is 0. The maximum Gasteiger partial charge on any atom is 0.161 e. The van der Waals surface area contributed by atoms with Crippen LogP contribution >= 0.6 is 34.2 Å². The van der Waals surface area contributed by atoms with Gasteiger partial charge in [0.1, 0.15) is 6.61 Å². The third kappa shape index (κ3) is 5.99. The van der Waals surface area contributed by atoms with Crippen molar-refractivity contribution in [2.24, 2.45) is 0 Å². The van der Waals surface area contributed by atoms with Crippen molar-refractivity contribution >= 4 is 45.8 Å². The molecule has 3 nitrogen and oxygen atoms in total. The number of benzene rings is 3. The fourth-order valence-electron chi connectivity index (χ4n) is 2.72. The standard InChI is InChI=1S/C24H19ClINO2/c1-2-28-24-14-18(13-20(15-27)19-6-10-22(26)11-7-19)5-12-23(24)29-16-17-3-8-21(25)9-4-17/h3-14H,2,16H2,1H3/b20-13-. The van der Waals surface area contributed by atoms with E-state index in [0.717, 1.165) is 20.3 Å². The van der Waals surface area contributed by atoms with Crippen LogP contribution in [0.4, 0.5) is 0 Å². The number of hydrogen-bond acceptors (Lipinski definition) is 3. The Labute approximate surface area is 189 Å². The summed E-state index contributed by atoms with van der Waals surface area (Å²) in [6, 6.07) is 23.4. The normalized spacial score (nSPS) is 11.0. The van der Waals surface area contributed by atoms with Crippen LogP contribution in [0.2, 0.25) is 5.02 Å². The van der Waals surface area contributed by atoms with Gasteiger partial charge in [0.25, 0.3) is 0 Å². The van der Waals surface area contributed by atoms with Gasteiger partial charge in [-0.25, -0.2) is 0 Å². The molecule has 5 heteroatoms. The summed E-state index contributed by atoms with van der Waals surface area (Å²) in [4.78, 5) is 0. The first-order valence-corrected chi connectivity index (χ1v) is 10.6. The predicted octanol–water partition coefficient (Wildman–Crippen LogP) is 6.99. The lowest BCUT2D eigenvalue weighted by Gasteiger charge is -2.13. The molecular formula is C24H19ClINO2. The maximum atomic E-state index is 9.58. The number of allylic oxidation sites excluding steroid dienone is 1. The molecule has 0 fully saturated rings. The minimum Gasteiger partial charge on any atom is -0.490 e. The molecule has 0 saturated carbocycles. The van der Waals surface area contributed by atoms with Gasteiger partial charge in [-0.3, -0.25) is 0 Å². The molecule has 0 saturated heterocycles. The Morgan fingerprint density at radius 1 is 1.00 bits per heavy atom. The summed E-state index contributed by atoms with van der Waals surface area (Å²) in [5, 5.41) is 10.3. The molecule has 0 heterocycles. The molecule has 0 bridgehead atoms. The molecule has 0 aliphatic heterocycles. The zero-order valence-electron chi connectivity index (χ0n) is 15.9. The van der Waals surface area contributed by atoms with Crippen molar-refractivity contribution < 1.29 is 9.47 Å². The number of halogens is 2. The largest absolute Gasteiger partial charge is 0.490 e. The van der Waals surface area contributed by atoms with Gasteiger partial charge in [-0.1, -0.05) is 41.9 Å². The summed E-state index contributed by atoms with van der Waals surface area (Å²) >= 11 is 8.18. The quantitative estimate of drug-likeness (QED) is 0.194. The molecule has 0 amide bonds. The molecule has 0 radical (unpaired) electrons. The van der Waals surface area contributed by atoms with E-state index < -0.39 is 0 Å². The van der Waals surface area contributed by atoms with Gasteiger partial charge in [-0.2, -0.15) is 5.26 Å². The second-order valence-corrected chi connectivity index (χ2v) is 7.91. The van der Waals surface area contributed by atoms with Crippen molar-refractivity contribution in [2.45, 2.75) is 13.5 Å². The topological polar surface area (TPSA) is 42.2 Å². The Morgan fingerprint density at radius 2 is 1.72 bits per heavy atom. The van der Waals surface area contributed by atoms with Crippen LogP contribution in [0.15, 0.2) is 66.7 Å². The summed E-state index contributed by atoms with van der Waals surface area (Å²) in [6.07, 6.45) is 1.85. The Morgan fingerprint density at radius 3 is 2.38 bits per heavy atom. The Hall–Kier alpha value is -2.49. The zero-order chi connectivity index (χ0) is 20.6. The van der Waals surface area contributed by atoms with Gasteiger partial charge in [-0.05, 0) is 88.7 Å². The van der Waals surface area contributed by atoms with Crippen LogP contribution in [0.3, 0.4) is 0 Å². The lowest BCUT2D eigenvalue weighted by Crippen LogP contribution is -2.00. The lowest BCUT2D eigenvalue weighted by molar-refractivity contribution is 0.269. The minimum atomic E-state index is 0.415. The molecular weight excluding hydrogens is 497 g/mol. The van der Waals surface area contributed by atoms with Gasteiger partial charge in [0.15, 0.2) is 11.5 Å². The molecule has 0 aliphatic rings. The average molecular weight is 516 g/mol. The molecule has 0 aromatic heterocycles. The van der Waals surface area contributed by atoms with E-state index in [-0.39, 0.29) is 0 Å². The van der Waals surface area contributed by atoms with E-state index in [9.17, 15) is 5.26 Å². The average Bonchev–Trinajstić information content (AvgIpc) is 2.73. The van der Waals surface area contributed by atoms with E-state index in [1.54, 1.807) is 0 Å². The first kappa shape index (κ1) is 21.2. The summed E-state index contributed by atoms with van der Waals surface area (Å²) < 4.78 is 12.8. The smallest absolute Gasteiger partial charge is 0.161 e. The zero-order valence-corrected chi connectivity index (χ0v) is 18.8. The second-order valence-electron chi connectivity index (χ2n) is 6.23. The molecule has 3 rings (SSSR count). The van der Waals surface area contributed by atoms with Crippen LogP contribution in [0.5, 0.6) is 11.5 Å². The number of rotatable bonds is 7. The van der Waals surface area contributed by atoms with Crippen LogP contribution in [0, 0.1) is 14.9 Å². The Bertz CT molecular complexity index is 1040. The van der Waals surface area contributed by atoms with Crippen LogP contribution in [0.25, 0.3) is 11.6 Å². The van der Waals surface area contributed by atoms with Crippen molar-refractivity contribution in [1.29, 1.82) is 5.26 Å². The van der Waals surface area contributed by atoms with Crippen molar-refractivity contribution in [3.8, 4) is 17.6 Å². The van der Waals surface area contributed by atoms with Crippen molar-refractivity contribution in [1.82, 2.24) is 0 Å². The fraction of sp³-hybridized carbons (Fsp3) is 0.125. The van der Waals surface area contributed by atoms with Gasteiger partial charge < -0.3 is 9.47 Å². The van der Waals surface area contributed by atoms with E-state index >= 15 is 0 Å². The van der Waals surface area contributed by atoms with Gasteiger partial charge >= 0.3 is 0 Å². The first-order valence-electron chi connectivity index (χ1n) is 9.11. The first-order chi connectivity index (χ1) is 14.1. The van der Waals surface area contributed by atoms with Crippen LogP contribution in [0.1, 0.15) is 23.6 Å². The molecule has 0 atom stereocenters. The van der Waals surface area contributed by atoms with Crippen LogP contribution in [-0.2, 0) is 6.61 Å². The van der Waals surface area contributed by atoms with Crippen LogP contribution < -0.4 is 9.47 Å². The lowest BCUT2D eigenvalue weighted by atomic mass is 10.0. The van der Waals surface area contributed by atoms with E-state index in [2.05, 4.69) is 28.7 Å². The molecule has 3 aromatic rings. The van der Waals surface area contributed by atoms with E-state index in [0.29, 0.717) is 35.3 Å². The maximum absolute atomic E-state index is 9.58. The number of hydrogen-bond donors (Lipinski definition) is 0. The monoisotopic (exact) mass is 515 g/mol. The van der Waals surface area contributed by atoms with Crippen molar-refractivity contribution in [3.63, 3.8) is 0 Å². The van der Waals surface area contributed by atoms with Crippen molar-refractivity contribution in [2.75, 3.05) is 6.61 Å². The summed E-state index contributed by atoms with van der Waals surface area (Å²) in [5.41, 5.74) is 3.38. The Kier molecular flexibility index (Phi) is 7.56. The molecule has 0 unspecified atom stereocenters. The molecule has 146 valence electrons. The number of nitriles is 1. The number of ether oxygens (including phenoxy) is 2. The highest BCUT2D eigenvalue weighted by atomic mass is 127. The number of nitrogens with zero attached hydrogens (tertiary/aromatic N) is 1. The van der Waals surface area contributed by atoms with E-state index in [4.69, 9.17) is 21.1 Å². The summed E-state index contributed by atoms with van der Waals surface area (Å²) in [6.45, 7) is 2.86. The second kappa shape index (κ2) is 10.3. The van der Waals surface area contributed by atoms with E-state index in [1.807, 2.05) is 79.7 Å². The molecule has 3 aromatic carbocycles. The van der Waals surface area contributed by atoms with Gasteiger partial charge in [0.2, 0.25) is 0 Å². The highest BCUT2D eigenvalue weighted by Crippen LogP contribution is 2.31. The molecule has 0 spiro atoms. The van der Waals surface area contributed by atoms with Gasteiger partial charge in [-0.15, -0.1) is 0 Å². The fourth-order valence-corrected chi connectivity index (χ4v) is 3.21. The summed E-state index contributed by atoms with van der Waals surface area (Å²) in [5.74, 6) is 1.31. The van der Waals surface area contributed by atoms with Crippen LogP contribution in [-0.4, -0.2) is 6.61 Å². The predicted molar refractivity (Wildman–Crippen MR) is 126 cm³/mol. The molecule has 0 aliphatic carbocycles. The van der Waals surface area contributed by atoms with E-state index in [1.165, 1.54) is 0 Å². The van der Waals surface area contributed by atoms with Crippen molar-refractivity contribution in [3.05, 3.63) is 92.0 Å². The molecule has 0 N–H and O–H groups in total. The highest BCUT2D eigenvalue weighted by Gasteiger charge is 2.08. The van der Waals surface area contributed by atoms with Gasteiger partial charge in [0, 0.05) is 8.59 Å². The Balaban J connectivity index is 1.83. The SMILES string of the molecule is CCOc1cc(/C=C(/C#N)c2ccc(I)cc2)ccc1OCc1ccc(Cl)cc1.